The van der Waals surface area contributed by atoms with Gasteiger partial charge in [0.25, 0.3) is 0 Å². The number of halogens is 1. The minimum atomic E-state index is -3.72. The second-order valence-electron chi connectivity index (χ2n) is 3.56. The van der Waals surface area contributed by atoms with Gasteiger partial charge in [0.15, 0.2) is 0 Å². The highest BCUT2D eigenvalue weighted by molar-refractivity contribution is 9.10. The van der Waals surface area contributed by atoms with E-state index in [1.807, 2.05) is 0 Å². The van der Waals surface area contributed by atoms with Crippen molar-refractivity contribution in [3.8, 4) is 0 Å². The average molecular weight is 336 g/mol. The van der Waals surface area contributed by atoms with E-state index in [1.54, 1.807) is 26.0 Å². The fraction of sp³-hybridized carbons (Fsp3) is 0.364. The first-order valence-electron chi connectivity index (χ1n) is 5.28. The van der Waals surface area contributed by atoms with Gasteiger partial charge in [0, 0.05) is 4.47 Å². The van der Waals surface area contributed by atoms with Crippen molar-refractivity contribution in [3.63, 3.8) is 0 Å². The molecule has 5 nitrogen and oxygen atoms in total. The van der Waals surface area contributed by atoms with Crippen molar-refractivity contribution in [3.05, 3.63) is 28.2 Å². The van der Waals surface area contributed by atoms with Crippen molar-refractivity contribution in [1.29, 1.82) is 0 Å². The summed E-state index contributed by atoms with van der Waals surface area (Å²) < 4.78 is 31.2. The van der Waals surface area contributed by atoms with Crippen LogP contribution in [0.1, 0.15) is 12.5 Å². The van der Waals surface area contributed by atoms with Gasteiger partial charge in [0.05, 0.1) is 11.5 Å². The highest BCUT2D eigenvalue weighted by atomic mass is 79.9. The van der Waals surface area contributed by atoms with E-state index in [0.717, 1.165) is 5.56 Å². The predicted molar refractivity (Wildman–Crippen MR) is 70.7 cm³/mol. The van der Waals surface area contributed by atoms with E-state index in [2.05, 4.69) is 25.4 Å². The van der Waals surface area contributed by atoms with Crippen molar-refractivity contribution in [2.75, 3.05) is 13.2 Å². The fourth-order valence-corrected chi connectivity index (χ4v) is 3.28. The lowest BCUT2D eigenvalue weighted by atomic mass is 10.2. The van der Waals surface area contributed by atoms with E-state index in [9.17, 15) is 13.2 Å². The molecule has 0 saturated heterocycles. The lowest BCUT2D eigenvalue weighted by molar-refractivity contribution is -0.141. The Balaban J connectivity index is 2.87. The summed E-state index contributed by atoms with van der Waals surface area (Å²) in [7, 11) is -3.72. The summed E-state index contributed by atoms with van der Waals surface area (Å²) in [6, 6.07) is 4.96. The molecule has 0 aromatic heterocycles. The molecule has 0 bridgehead atoms. The van der Waals surface area contributed by atoms with E-state index >= 15 is 0 Å². The maximum absolute atomic E-state index is 12.0. The topological polar surface area (TPSA) is 72.5 Å². The Hall–Kier alpha value is -0.920. The third kappa shape index (κ3) is 4.08. The molecule has 18 heavy (non-hydrogen) atoms. The smallest absolute Gasteiger partial charge is 0.321 e. The molecule has 0 amide bonds. The first-order valence-corrected chi connectivity index (χ1v) is 7.56. The summed E-state index contributed by atoms with van der Waals surface area (Å²) in [5.74, 6) is -0.607. The van der Waals surface area contributed by atoms with Crippen LogP contribution in [0.15, 0.2) is 27.6 Å². The number of rotatable bonds is 5. The standard InChI is InChI=1S/C11H14BrNO4S/c1-3-17-11(14)7-13-18(15,16)10-6-8(2)4-5-9(10)12/h4-6,13H,3,7H2,1-2H3. The Morgan fingerprint density at radius 1 is 1.44 bits per heavy atom. The molecule has 1 N–H and O–H groups in total. The zero-order valence-corrected chi connectivity index (χ0v) is 12.5. The van der Waals surface area contributed by atoms with Crippen LogP contribution in [0.5, 0.6) is 0 Å². The minimum absolute atomic E-state index is 0.104. The van der Waals surface area contributed by atoms with Gasteiger partial charge in [-0.05, 0) is 47.5 Å². The van der Waals surface area contributed by atoms with Crippen LogP contribution >= 0.6 is 15.9 Å². The second kappa shape index (κ2) is 6.31. The number of ether oxygens (including phenoxy) is 1. The Morgan fingerprint density at radius 3 is 2.72 bits per heavy atom. The first-order chi connectivity index (χ1) is 8.36. The Labute approximate surface area is 115 Å². The van der Waals surface area contributed by atoms with Crippen LogP contribution in [0.2, 0.25) is 0 Å². The number of sulfonamides is 1. The third-order valence-corrected chi connectivity index (χ3v) is 4.48. The molecule has 0 unspecified atom stereocenters. The average Bonchev–Trinajstić information content (AvgIpc) is 2.30. The predicted octanol–water partition coefficient (Wildman–Crippen LogP) is 1.60. The number of aryl methyl sites for hydroxylation is 1. The van der Waals surface area contributed by atoms with Gasteiger partial charge in [-0.1, -0.05) is 6.07 Å². The van der Waals surface area contributed by atoms with Gasteiger partial charge in [-0.15, -0.1) is 0 Å². The summed E-state index contributed by atoms with van der Waals surface area (Å²) >= 11 is 3.17. The molecule has 0 saturated carbocycles. The molecule has 0 heterocycles. The number of hydrogen-bond donors (Lipinski definition) is 1. The van der Waals surface area contributed by atoms with Crippen LogP contribution in [0.3, 0.4) is 0 Å². The summed E-state index contributed by atoms with van der Waals surface area (Å²) in [6.07, 6.45) is 0. The Kier molecular flexibility index (Phi) is 5.30. The molecule has 1 aromatic carbocycles. The molecular formula is C11H14BrNO4S. The number of benzene rings is 1. The van der Waals surface area contributed by atoms with Gasteiger partial charge in [-0.2, -0.15) is 4.72 Å². The number of carbonyl (C=O) groups excluding carboxylic acids is 1. The molecule has 0 radical (unpaired) electrons. The zero-order valence-electron chi connectivity index (χ0n) is 10.1. The van der Waals surface area contributed by atoms with E-state index in [1.165, 1.54) is 6.07 Å². The van der Waals surface area contributed by atoms with E-state index < -0.39 is 16.0 Å². The number of carbonyl (C=O) groups is 1. The lowest BCUT2D eigenvalue weighted by Crippen LogP contribution is -2.31. The normalized spacial score (nSPS) is 11.3. The van der Waals surface area contributed by atoms with Crippen LogP contribution < -0.4 is 4.72 Å². The summed E-state index contributed by atoms with van der Waals surface area (Å²) in [5.41, 5.74) is 0.815. The van der Waals surface area contributed by atoms with Crippen LogP contribution in [0.4, 0.5) is 0 Å². The van der Waals surface area contributed by atoms with E-state index in [0.29, 0.717) is 4.47 Å². The Bertz CT molecular complexity index is 542. The van der Waals surface area contributed by atoms with Gasteiger partial charge in [0.2, 0.25) is 10.0 Å². The van der Waals surface area contributed by atoms with Crippen molar-refractivity contribution >= 4 is 31.9 Å². The highest BCUT2D eigenvalue weighted by Gasteiger charge is 2.19. The van der Waals surface area contributed by atoms with Crippen LogP contribution in [-0.4, -0.2) is 27.5 Å². The highest BCUT2D eigenvalue weighted by Crippen LogP contribution is 2.22. The number of esters is 1. The summed E-state index contributed by atoms with van der Waals surface area (Å²) in [5, 5.41) is 0. The summed E-state index contributed by atoms with van der Waals surface area (Å²) in [4.78, 5) is 11.2. The largest absolute Gasteiger partial charge is 0.465 e. The van der Waals surface area contributed by atoms with Crippen molar-refractivity contribution in [1.82, 2.24) is 4.72 Å². The molecule has 1 rings (SSSR count). The molecule has 7 heteroatoms. The zero-order chi connectivity index (χ0) is 13.8. The van der Waals surface area contributed by atoms with E-state index in [-0.39, 0.29) is 18.0 Å². The maximum Gasteiger partial charge on any atom is 0.321 e. The molecule has 0 spiro atoms. The quantitative estimate of drug-likeness (QED) is 0.829. The van der Waals surface area contributed by atoms with Crippen molar-refractivity contribution in [2.45, 2.75) is 18.7 Å². The molecule has 0 aliphatic carbocycles. The number of hydrogen-bond acceptors (Lipinski definition) is 4. The van der Waals surface area contributed by atoms with Crippen LogP contribution in [-0.2, 0) is 19.6 Å². The first kappa shape index (κ1) is 15.1. The van der Waals surface area contributed by atoms with E-state index in [4.69, 9.17) is 0 Å². The molecule has 100 valence electrons. The van der Waals surface area contributed by atoms with Crippen molar-refractivity contribution < 1.29 is 17.9 Å². The minimum Gasteiger partial charge on any atom is -0.465 e. The monoisotopic (exact) mass is 335 g/mol. The van der Waals surface area contributed by atoms with Gasteiger partial charge >= 0.3 is 5.97 Å². The molecule has 1 aromatic rings. The molecule has 0 atom stereocenters. The Morgan fingerprint density at radius 2 is 2.11 bits per heavy atom. The van der Waals surface area contributed by atoms with Crippen LogP contribution in [0, 0.1) is 6.92 Å². The SMILES string of the molecule is CCOC(=O)CNS(=O)(=O)c1cc(C)ccc1Br. The second-order valence-corrected chi connectivity index (χ2v) is 6.15. The summed E-state index contributed by atoms with van der Waals surface area (Å²) in [6.45, 7) is 3.28. The van der Waals surface area contributed by atoms with Gasteiger partial charge in [0.1, 0.15) is 6.54 Å². The van der Waals surface area contributed by atoms with Crippen LogP contribution in [0.25, 0.3) is 0 Å². The lowest BCUT2D eigenvalue weighted by Gasteiger charge is -2.08. The molecule has 0 aliphatic rings. The number of nitrogens with one attached hydrogen (secondary N) is 1. The molecular weight excluding hydrogens is 322 g/mol. The molecule has 0 aliphatic heterocycles. The van der Waals surface area contributed by atoms with Crippen molar-refractivity contribution in [2.24, 2.45) is 0 Å². The maximum atomic E-state index is 12.0. The van der Waals surface area contributed by atoms with Gasteiger partial charge < -0.3 is 4.74 Å². The van der Waals surface area contributed by atoms with Gasteiger partial charge in [-0.3, -0.25) is 4.79 Å². The van der Waals surface area contributed by atoms with Gasteiger partial charge in [-0.25, -0.2) is 8.42 Å². The third-order valence-electron chi connectivity index (χ3n) is 2.09. The molecule has 0 fully saturated rings. The fourth-order valence-electron chi connectivity index (χ4n) is 1.26.